The maximum absolute atomic E-state index is 10.6. The molecule has 4 heteroatoms. The van der Waals surface area contributed by atoms with Crippen LogP contribution in [0.3, 0.4) is 0 Å². The van der Waals surface area contributed by atoms with E-state index in [-0.39, 0.29) is 0 Å². The van der Waals surface area contributed by atoms with Crippen LogP contribution < -0.4 is 0 Å². The third-order valence-corrected chi connectivity index (χ3v) is 2.23. The molecule has 70 valence electrons. The fraction of sp³-hybridized carbons (Fsp3) is 0. The summed E-state index contributed by atoms with van der Waals surface area (Å²) in [4.78, 5) is 10.6. The lowest BCUT2D eigenvalue weighted by molar-refractivity contribution is 0.112. The van der Waals surface area contributed by atoms with Crippen molar-refractivity contribution in [3.8, 4) is 5.69 Å². The summed E-state index contributed by atoms with van der Waals surface area (Å²) < 4.78 is 2.62. The molecule has 0 aliphatic carbocycles. The number of aldehydes is 1. The maximum atomic E-state index is 10.6. The first-order valence-corrected chi connectivity index (χ1v) is 4.85. The Morgan fingerprint density at radius 3 is 2.93 bits per heavy atom. The number of halogens is 1. The van der Waals surface area contributed by atoms with Crippen LogP contribution in [0.1, 0.15) is 10.4 Å². The van der Waals surface area contributed by atoms with Gasteiger partial charge in [0.05, 0.1) is 16.4 Å². The summed E-state index contributed by atoms with van der Waals surface area (Å²) in [5.74, 6) is 0. The summed E-state index contributed by atoms with van der Waals surface area (Å²) in [5, 5.41) is 4.12. The van der Waals surface area contributed by atoms with Crippen LogP contribution in [0.25, 0.3) is 5.69 Å². The van der Waals surface area contributed by atoms with E-state index in [0.29, 0.717) is 5.56 Å². The van der Waals surface area contributed by atoms with Gasteiger partial charge in [0.25, 0.3) is 0 Å². The summed E-state index contributed by atoms with van der Waals surface area (Å²) >= 11 is 3.31. The number of aromatic nitrogens is 2. The maximum Gasteiger partial charge on any atom is 0.150 e. The summed E-state index contributed by atoms with van der Waals surface area (Å²) in [6.07, 6.45) is 4.36. The molecule has 0 saturated heterocycles. The van der Waals surface area contributed by atoms with Crippen molar-refractivity contribution in [2.24, 2.45) is 0 Å². The van der Waals surface area contributed by atoms with Gasteiger partial charge >= 0.3 is 0 Å². The third kappa shape index (κ3) is 1.75. The number of benzene rings is 1. The van der Waals surface area contributed by atoms with Crippen molar-refractivity contribution < 1.29 is 4.79 Å². The van der Waals surface area contributed by atoms with Gasteiger partial charge in [0.15, 0.2) is 0 Å². The van der Waals surface area contributed by atoms with Crippen molar-refractivity contribution in [3.05, 3.63) is 46.7 Å². The molecule has 0 aliphatic rings. The summed E-state index contributed by atoms with van der Waals surface area (Å²) in [7, 11) is 0. The third-order valence-electron chi connectivity index (χ3n) is 1.82. The second-order valence-corrected chi connectivity index (χ2v) is 3.73. The van der Waals surface area contributed by atoms with E-state index in [1.54, 1.807) is 23.0 Å². The fourth-order valence-corrected chi connectivity index (χ4v) is 1.47. The zero-order valence-corrected chi connectivity index (χ0v) is 8.81. The molecule has 0 N–H and O–H groups in total. The Labute approximate surface area is 89.5 Å². The molecule has 14 heavy (non-hydrogen) atoms. The topological polar surface area (TPSA) is 34.9 Å². The molecule has 1 aromatic carbocycles. The Bertz CT molecular complexity index is 465. The molecule has 0 bridgehead atoms. The van der Waals surface area contributed by atoms with Gasteiger partial charge in [0.1, 0.15) is 6.29 Å². The zero-order chi connectivity index (χ0) is 9.97. The van der Waals surface area contributed by atoms with Crippen LogP contribution in [-0.4, -0.2) is 16.1 Å². The molecule has 0 amide bonds. The second-order valence-electron chi connectivity index (χ2n) is 2.82. The van der Waals surface area contributed by atoms with Gasteiger partial charge in [-0.2, -0.15) is 5.10 Å². The molecule has 1 heterocycles. The highest BCUT2D eigenvalue weighted by atomic mass is 79.9. The number of carbonyl (C=O) groups excluding carboxylic acids is 1. The molecular formula is C10H7BrN2O. The van der Waals surface area contributed by atoms with Crippen molar-refractivity contribution >= 4 is 22.2 Å². The number of hydrogen-bond acceptors (Lipinski definition) is 2. The van der Waals surface area contributed by atoms with E-state index >= 15 is 0 Å². The number of carbonyl (C=O) groups is 1. The molecule has 0 aliphatic heterocycles. The Morgan fingerprint density at radius 1 is 1.43 bits per heavy atom. The van der Waals surface area contributed by atoms with Gasteiger partial charge in [-0.1, -0.05) is 12.1 Å². The van der Waals surface area contributed by atoms with Gasteiger partial charge in [0.2, 0.25) is 0 Å². The van der Waals surface area contributed by atoms with E-state index in [9.17, 15) is 4.79 Å². The Morgan fingerprint density at radius 2 is 2.29 bits per heavy atom. The first-order valence-electron chi connectivity index (χ1n) is 4.05. The molecule has 2 aromatic rings. The Kier molecular flexibility index (Phi) is 2.45. The van der Waals surface area contributed by atoms with Gasteiger partial charge in [-0.05, 0) is 28.1 Å². The van der Waals surface area contributed by atoms with Crippen LogP contribution in [-0.2, 0) is 0 Å². The van der Waals surface area contributed by atoms with Gasteiger partial charge in [-0.15, -0.1) is 0 Å². The van der Waals surface area contributed by atoms with E-state index < -0.39 is 0 Å². The lowest BCUT2D eigenvalue weighted by Gasteiger charge is -2.00. The van der Waals surface area contributed by atoms with Crippen LogP contribution in [0.5, 0.6) is 0 Å². The van der Waals surface area contributed by atoms with Crippen LogP contribution in [0, 0.1) is 0 Å². The lowest BCUT2D eigenvalue weighted by Crippen LogP contribution is -1.94. The average Bonchev–Trinajstić information content (AvgIpc) is 2.65. The molecule has 0 radical (unpaired) electrons. The molecule has 2 rings (SSSR count). The first-order chi connectivity index (χ1) is 6.79. The van der Waals surface area contributed by atoms with E-state index in [1.807, 2.05) is 18.3 Å². The molecule has 0 unspecified atom stereocenters. The number of nitrogens with zero attached hydrogens (tertiary/aromatic N) is 2. The molecule has 0 fully saturated rings. The van der Waals surface area contributed by atoms with Crippen LogP contribution in [0.15, 0.2) is 41.1 Å². The molecule has 3 nitrogen and oxygen atoms in total. The molecule has 0 spiro atoms. The van der Waals surface area contributed by atoms with Crippen LogP contribution >= 0.6 is 15.9 Å². The zero-order valence-electron chi connectivity index (χ0n) is 7.22. The monoisotopic (exact) mass is 250 g/mol. The normalized spacial score (nSPS) is 10.1. The van der Waals surface area contributed by atoms with Crippen molar-refractivity contribution in [3.63, 3.8) is 0 Å². The summed E-state index contributed by atoms with van der Waals surface area (Å²) in [5.41, 5.74) is 1.52. The smallest absolute Gasteiger partial charge is 0.150 e. The summed E-state index contributed by atoms with van der Waals surface area (Å²) in [6.45, 7) is 0. The number of hydrogen-bond donors (Lipinski definition) is 0. The van der Waals surface area contributed by atoms with Crippen molar-refractivity contribution in [1.82, 2.24) is 9.78 Å². The number of rotatable bonds is 2. The SMILES string of the molecule is O=Cc1cccc(-n2cc(Br)cn2)c1. The summed E-state index contributed by atoms with van der Waals surface area (Å²) in [6, 6.07) is 7.27. The first kappa shape index (κ1) is 9.15. The Hall–Kier alpha value is -1.42. The van der Waals surface area contributed by atoms with Gasteiger partial charge in [-0.25, -0.2) is 4.68 Å². The predicted octanol–water partition coefficient (Wildman–Crippen LogP) is 2.45. The molecule has 0 atom stereocenters. The van der Waals surface area contributed by atoms with E-state index in [0.717, 1.165) is 16.4 Å². The van der Waals surface area contributed by atoms with E-state index in [1.165, 1.54) is 0 Å². The van der Waals surface area contributed by atoms with E-state index in [4.69, 9.17) is 0 Å². The van der Waals surface area contributed by atoms with Crippen molar-refractivity contribution in [1.29, 1.82) is 0 Å². The predicted molar refractivity (Wildman–Crippen MR) is 56.7 cm³/mol. The van der Waals surface area contributed by atoms with Crippen LogP contribution in [0.4, 0.5) is 0 Å². The molecule has 1 aromatic heterocycles. The minimum atomic E-state index is 0.647. The van der Waals surface area contributed by atoms with Crippen molar-refractivity contribution in [2.45, 2.75) is 0 Å². The molecular weight excluding hydrogens is 244 g/mol. The standard InChI is InChI=1S/C10H7BrN2O/c11-9-5-12-13(6-9)10-3-1-2-8(4-10)7-14/h1-7H. The highest BCUT2D eigenvalue weighted by Gasteiger charge is 1.99. The van der Waals surface area contributed by atoms with E-state index in [2.05, 4.69) is 21.0 Å². The largest absolute Gasteiger partial charge is 0.298 e. The van der Waals surface area contributed by atoms with Gasteiger partial charge in [-0.3, -0.25) is 4.79 Å². The van der Waals surface area contributed by atoms with Crippen LogP contribution in [0.2, 0.25) is 0 Å². The highest BCUT2D eigenvalue weighted by molar-refractivity contribution is 9.10. The molecule has 0 saturated carbocycles. The minimum Gasteiger partial charge on any atom is -0.298 e. The lowest BCUT2D eigenvalue weighted by atomic mass is 10.2. The van der Waals surface area contributed by atoms with Gasteiger partial charge in [0, 0.05) is 11.8 Å². The quantitative estimate of drug-likeness (QED) is 0.768. The second kappa shape index (κ2) is 3.75. The average molecular weight is 251 g/mol. The fourth-order valence-electron chi connectivity index (χ4n) is 1.18. The minimum absolute atomic E-state index is 0.647. The van der Waals surface area contributed by atoms with Gasteiger partial charge < -0.3 is 0 Å². The highest BCUT2D eigenvalue weighted by Crippen LogP contribution is 2.12. The Balaban J connectivity index is 2.46. The van der Waals surface area contributed by atoms with Crippen molar-refractivity contribution in [2.75, 3.05) is 0 Å².